The van der Waals surface area contributed by atoms with Crippen LogP contribution in [0.25, 0.3) is 0 Å². The first kappa shape index (κ1) is 17.2. The van der Waals surface area contributed by atoms with Crippen LogP contribution >= 0.6 is 0 Å². The van der Waals surface area contributed by atoms with Crippen molar-refractivity contribution >= 4 is 17.7 Å². The highest BCUT2D eigenvalue weighted by molar-refractivity contribution is 5.90. The molecule has 1 aromatic carbocycles. The molecule has 1 aliphatic carbocycles. The lowest BCUT2D eigenvalue weighted by Crippen LogP contribution is -2.55. The van der Waals surface area contributed by atoms with Crippen molar-refractivity contribution in [2.24, 2.45) is 0 Å². The molecule has 6 nitrogen and oxygen atoms in total. The number of benzene rings is 1. The lowest BCUT2D eigenvalue weighted by Gasteiger charge is -2.42. The van der Waals surface area contributed by atoms with Crippen molar-refractivity contribution in [3.8, 4) is 0 Å². The molecule has 3 N–H and O–H groups in total. The van der Waals surface area contributed by atoms with Crippen LogP contribution in [0.5, 0.6) is 0 Å². The number of carboxylic acid groups (broad SMARTS) is 1. The van der Waals surface area contributed by atoms with Gasteiger partial charge < -0.3 is 15.7 Å². The van der Waals surface area contributed by atoms with Crippen LogP contribution in [0.1, 0.15) is 25.3 Å². The van der Waals surface area contributed by atoms with Crippen molar-refractivity contribution < 1.29 is 19.1 Å². The van der Waals surface area contributed by atoms with Gasteiger partial charge in [-0.2, -0.15) is 0 Å². The molecule has 0 spiro atoms. The van der Waals surface area contributed by atoms with Gasteiger partial charge in [0.25, 0.3) is 0 Å². The minimum absolute atomic E-state index is 0.0227. The lowest BCUT2D eigenvalue weighted by atomic mass is 9.85. The average molecular weight is 323 g/mol. The van der Waals surface area contributed by atoms with Crippen molar-refractivity contribution in [3.05, 3.63) is 29.6 Å². The number of hydrogen-bond donors (Lipinski definition) is 3. The van der Waals surface area contributed by atoms with E-state index in [4.69, 9.17) is 5.11 Å². The highest BCUT2D eigenvalue weighted by atomic mass is 19.1. The van der Waals surface area contributed by atoms with Gasteiger partial charge in [-0.3, -0.25) is 9.69 Å². The number of hydrogen-bond acceptors (Lipinski definition) is 3. The Morgan fingerprint density at radius 2 is 2.09 bits per heavy atom. The fourth-order valence-electron chi connectivity index (χ4n) is 2.79. The van der Waals surface area contributed by atoms with Crippen LogP contribution < -0.4 is 10.6 Å². The number of likely N-dealkylation sites (N-methyl/N-ethyl adjacent to an activating group) is 1. The van der Waals surface area contributed by atoms with Gasteiger partial charge >= 0.3 is 12.0 Å². The van der Waals surface area contributed by atoms with Crippen LogP contribution in [-0.2, 0) is 4.79 Å². The topological polar surface area (TPSA) is 81.7 Å². The summed E-state index contributed by atoms with van der Waals surface area (Å²) in [6.45, 7) is 4.34. The molecule has 0 saturated heterocycles. The second-order valence-electron chi connectivity index (χ2n) is 5.84. The fourth-order valence-corrected chi connectivity index (χ4v) is 2.79. The summed E-state index contributed by atoms with van der Waals surface area (Å²) in [6, 6.07) is 4.08. The number of anilines is 1. The minimum Gasteiger partial charge on any atom is -0.480 e. The molecule has 0 unspecified atom stereocenters. The number of amides is 2. The Morgan fingerprint density at radius 1 is 1.39 bits per heavy atom. The third-order valence-electron chi connectivity index (χ3n) is 4.15. The van der Waals surface area contributed by atoms with Gasteiger partial charge in [0.15, 0.2) is 0 Å². The number of carbonyl (C=O) groups excluding carboxylic acids is 1. The first-order valence-electron chi connectivity index (χ1n) is 7.68. The summed E-state index contributed by atoms with van der Waals surface area (Å²) >= 11 is 0. The second-order valence-corrected chi connectivity index (χ2v) is 5.84. The van der Waals surface area contributed by atoms with E-state index >= 15 is 0 Å². The van der Waals surface area contributed by atoms with Crippen molar-refractivity contribution in [1.82, 2.24) is 10.2 Å². The zero-order chi connectivity index (χ0) is 17.0. The number of aliphatic carboxylic acids is 1. The quantitative estimate of drug-likeness (QED) is 0.749. The molecule has 0 bridgehead atoms. The number of rotatable bonds is 6. The molecule has 1 aliphatic rings. The molecule has 7 heteroatoms. The van der Waals surface area contributed by atoms with Crippen LogP contribution in [0, 0.1) is 12.7 Å². The molecule has 2 rings (SSSR count). The normalized spacial score (nSPS) is 20.0. The summed E-state index contributed by atoms with van der Waals surface area (Å²) in [4.78, 5) is 24.6. The summed E-state index contributed by atoms with van der Waals surface area (Å²) in [5, 5.41) is 14.4. The van der Waals surface area contributed by atoms with E-state index in [9.17, 15) is 14.0 Å². The molecule has 2 amide bonds. The Hall–Kier alpha value is -2.15. The van der Waals surface area contributed by atoms with Crippen molar-refractivity contribution in [3.63, 3.8) is 0 Å². The van der Waals surface area contributed by atoms with Gasteiger partial charge in [0.05, 0.1) is 6.54 Å². The number of carboxylic acids is 1. The Labute approximate surface area is 134 Å². The molecular formula is C16H22FN3O3. The highest BCUT2D eigenvalue weighted by Crippen LogP contribution is 2.25. The van der Waals surface area contributed by atoms with Crippen LogP contribution in [0.3, 0.4) is 0 Å². The zero-order valence-corrected chi connectivity index (χ0v) is 13.3. The van der Waals surface area contributed by atoms with E-state index in [1.807, 2.05) is 11.8 Å². The van der Waals surface area contributed by atoms with Gasteiger partial charge in [0.2, 0.25) is 0 Å². The molecule has 1 fully saturated rings. The number of nitrogens with one attached hydrogen (secondary N) is 2. The van der Waals surface area contributed by atoms with Crippen molar-refractivity contribution in [2.75, 3.05) is 18.4 Å². The largest absolute Gasteiger partial charge is 0.480 e. The van der Waals surface area contributed by atoms with Crippen molar-refractivity contribution in [1.29, 1.82) is 0 Å². The number of aryl methyl sites for hydroxylation is 1. The van der Waals surface area contributed by atoms with Crippen LogP contribution in [0.2, 0.25) is 0 Å². The van der Waals surface area contributed by atoms with E-state index in [1.54, 1.807) is 6.92 Å². The number of carbonyl (C=O) groups is 2. The van der Waals surface area contributed by atoms with Crippen molar-refractivity contribution in [2.45, 2.75) is 38.8 Å². The van der Waals surface area contributed by atoms with Gasteiger partial charge in [-0.15, -0.1) is 0 Å². The van der Waals surface area contributed by atoms with E-state index < -0.39 is 5.97 Å². The molecule has 0 heterocycles. The third kappa shape index (κ3) is 4.66. The second kappa shape index (κ2) is 7.41. The molecule has 23 heavy (non-hydrogen) atoms. The number of nitrogens with zero attached hydrogens (tertiary/aromatic N) is 1. The van der Waals surface area contributed by atoms with E-state index in [1.165, 1.54) is 18.2 Å². The lowest BCUT2D eigenvalue weighted by molar-refractivity contribution is -0.139. The maximum absolute atomic E-state index is 13.0. The van der Waals surface area contributed by atoms with Gasteiger partial charge in [-0.1, -0.05) is 6.92 Å². The number of urea groups is 1. The van der Waals surface area contributed by atoms with E-state index in [-0.39, 0.29) is 30.5 Å². The summed E-state index contributed by atoms with van der Waals surface area (Å²) in [7, 11) is 0. The molecule has 0 radical (unpaired) electrons. The molecular weight excluding hydrogens is 301 g/mol. The molecule has 0 atom stereocenters. The first-order valence-corrected chi connectivity index (χ1v) is 7.68. The molecule has 0 aromatic heterocycles. The monoisotopic (exact) mass is 323 g/mol. The fraction of sp³-hybridized carbons (Fsp3) is 0.500. The van der Waals surface area contributed by atoms with Crippen LogP contribution in [-0.4, -0.2) is 47.2 Å². The molecule has 126 valence electrons. The summed E-state index contributed by atoms with van der Waals surface area (Å²) in [6.07, 6.45) is 1.47. The maximum atomic E-state index is 13.0. The van der Waals surface area contributed by atoms with Crippen LogP contribution in [0.15, 0.2) is 18.2 Å². The minimum atomic E-state index is -0.840. The van der Waals surface area contributed by atoms with E-state index in [0.29, 0.717) is 17.8 Å². The maximum Gasteiger partial charge on any atom is 0.319 e. The average Bonchev–Trinajstić information content (AvgIpc) is 2.43. The molecule has 1 aromatic rings. The zero-order valence-electron chi connectivity index (χ0n) is 13.3. The van der Waals surface area contributed by atoms with E-state index in [2.05, 4.69) is 10.6 Å². The molecule has 0 aliphatic heterocycles. The summed E-state index contributed by atoms with van der Waals surface area (Å²) in [5.74, 6) is -1.18. The van der Waals surface area contributed by atoms with E-state index in [0.717, 1.165) is 12.8 Å². The first-order chi connectivity index (χ1) is 10.9. The predicted molar refractivity (Wildman–Crippen MR) is 85.0 cm³/mol. The Kier molecular flexibility index (Phi) is 5.54. The third-order valence-corrected chi connectivity index (χ3v) is 4.15. The SMILES string of the molecule is CCN(CC(=O)O)C1CC(NC(=O)Nc2ccc(F)cc2C)C1. The standard InChI is InChI=1S/C16H22FN3O3/c1-3-20(9-15(21)22)13-7-12(8-13)18-16(23)19-14-5-4-11(17)6-10(14)2/h4-6,12-13H,3,7-9H2,1-2H3,(H,21,22)(H2,18,19,23). The Bertz CT molecular complexity index is 588. The van der Waals surface area contributed by atoms with Gasteiger partial charge in [0.1, 0.15) is 5.82 Å². The smallest absolute Gasteiger partial charge is 0.319 e. The van der Waals surface area contributed by atoms with Gasteiger partial charge in [-0.25, -0.2) is 9.18 Å². The highest BCUT2D eigenvalue weighted by Gasteiger charge is 2.34. The Balaban J connectivity index is 1.78. The van der Waals surface area contributed by atoms with Gasteiger partial charge in [0, 0.05) is 17.8 Å². The molecule has 1 saturated carbocycles. The summed E-state index contributed by atoms with van der Waals surface area (Å²) in [5.41, 5.74) is 1.23. The van der Waals surface area contributed by atoms with Gasteiger partial charge in [-0.05, 0) is 50.1 Å². The number of halogens is 1. The predicted octanol–water partition coefficient (Wildman–Crippen LogP) is 2.19. The Morgan fingerprint density at radius 3 is 2.65 bits per heavy atom. The van der Waals surface area contributed by atoms with Crippen LogP contribution in [0.4, 0.5) is 14.9 Å². The summed E-state index contributed by atoms with van der Waals surface area (Å²) < 4.78 is 13.0.